The molecule has 4 atom stereocenters. The Labute approximate surface area is 133 Å². The van der Waals surface area contributed by atoms with Gasteiger partial charge in [0.25, 0.3) is 5.56 Å². The minimum atomic E-state index is -1.52. The standard InChI is InChI=1S/C13H15N5O6/c1-2-3-17-6-9(15-12(14)16-10(6)22)18(13(17)23)11-8(21)7(20)5(4-19)24-11/h1,5,7-8,11,19-21H,3-4H2,(H3,14,15,16,22)/t5-,7-,8+,11+/m0/s1. The van der Waals surface area contributed by atoms with Crippen molar-refractivity contribution in [3.8, 4) is 12.3 Å². The number of aliphatic hydroxyl groups is 3. The molecule has 0 radical (unpaired) electrons. The number of nitrogen functional groups attached to an aromatic ring is 1. The monoisotopic (exact) mass is 337 g/mol. The number of aromatic amines is 1. The van der Waals surface area contributed by atoms with Crippen LogP contribution in [-0.2, 0) is 11.3 Å². The molecule has 0 unspecified atom stereocenters. The fourth-order valence-corrected chi connectivity index (χ4v) is 2.76. The van der Waals surface area contributed by atoms with Crippen molar-refractivity contribution in [2.75, 3.05) is 12.3 Å². The molecule has 24 heavy (non-hydrogen) atoms. The van der Waals surface area contributed by atoms with Gasteiger partial charge in [-0.2, -0.15) is 4.98 Å². The van der Waals surface area contributed by atoms with Crippen LogP contribution < -0.4 is 17.0 Å². The molecule has 1 saturated heterocycles. The number of hydrogen-bond donors (Lipinski definition) is 5. The third-order valence-corrected chi connectivity index (χ3v) is 3.85. The average Bonchev–Trinajstić information content (AvgIpc) is 2.96. The molecule has 11 nitrogen and oxygen atoms in total. The molecule has 0 amide bonds. The lowest BCUT2D eigenvalue weighted by Gasteiger charge is -2.15. The fraction of sp³-hybridized carbons (Fsp3) is 0.462. The predicted octanol–water partition coefficient (Wildman–Crippen LogP) is -3.29. The number of nitrogens with one attached hydrogen (secondary N) is 1. The van der Waals surface area contributed by atoms with Crippen molar-refractivity contribution in [3.05, 3.63) is 20.8 Å². The van der Waals surface area contributed by atoms with Gasteiger partial charge in [0.2, 0.25) is 5.95 Å². The summed E-state index contributed by atoms with van der Waals surface area (Å²) in [6.45, 7) is -0.783. The normalized spacial score (nSPS) is 26.8. The molecule has 0 bridgehead atoms. The second-order valence-electron chi connectivity index (χ2n) is 5.30. The Bertz CT molecular complexity index is 937. The number of imidazole rings is 1. The Morgan fingerprint density at radius 1 is 1.38 bits per heavy atom. The first-order valence-corrected chi connectivity index (χ1v) is 6.97. The number of terminal acetylenes is 1. The van der Waals surface area contributed by atoms with E-state index in [1.54, 1.807) is 0 Å². The van der Waals surface area contributed by atoms with Gasteiger partial charge in [0, 0.05) is 0 Å². The highest BCUT2D eigenvalue weighted by molar-refractivity contribution is 5.72. The van der Waals surface area contributed by atoms with Crippen LogP contribution in [0.2, 0.25) is 0 Å². The maximum absolute atomic E-state index is 12.6. The number of aromatic nitrogens is 4. The summed E-state index contributed by atoms with van der Waals surface area (Å²) in [5.41, 5.74) is 3.79. The lowest BCUT2D eigenvalue weighted by molar-refractivity contribution is -0.0527. The van der Waals surface area contributed by atoms with Gasteiger partial charge in [-0.15, -0.1) is 6.42 Å². The summed E-state index contributed by atoms with van der Waals surface area (Å²) >= 11 is 0. The van der Waals surface area contributed by atoms with Gasteiger partial charge in [-0.3, -0.25) is 14.3 Å². The fourth-order valence-electron chi connectivity index (χ4n) is 2.76. The molecular weight excluding hydrogens is 322 g/mol. The summed E-state index contributed by atoms with van der Waals surface area (Å²) in [6, 6.07) is 0. The zero-order chi connectivity index (χ0) is 17.6. The highest BCUT2D eigenvalue weighted by atomic mass is 16.6. The molecule has 11 heteroatoms. The van der Waals surface area contributed by atoms with E-state index in [1.807, 2.05) is 0 Å². The van der Waals surface area contributed by atoms with Crippen molar-refractivity contribution in [3.63, 3.8) is 0 Å². The number of aliphatic hydroxyl groups excluding tert-OH is 3. The quantitative estimate of drug-likeness (QED) is 0.363. The zero-order valence-corrected chi connectivity index (χ0v) is 12.3. The molecular formula is C13H15N5O6. The van der Waals surface area contributed by atoms with E-state index in [0.717, 1.165) is 9.13 Å². The summed E-state index contributed by atoms with van der Waals surface area (Å²) in [4.78, 5) is 30.9. The van der Waals surface area contributed by atoms with Gasteiger partial charge >= 0.3 is 5.69 Å². The first-order valence-electron chi connectivity index (χ1n) is 6.97. The minimum absolute atomic E-state index is 0.134. The van der Waals surface area contributed by atoms with E-state index >= 15 is 0 Å². The molecule has 0 aliphatic carbocycles. The third-order valence-electron chi connectivity index (χ3n) is 3.85. The number of ether oxygens (including phenoxy) is 1. The van der Waals surface area contributed by atoms with Crippen LogP contribution in [0.4, 0.5) is 5.95 Å². The van der Waals surface area contributed by atoms with Gasteiger partial charge in [-0.25, -0.2) is 9.36 Å². The molecule has 0 aromatic carbocycles. The molecule has 0 saturated carbocycles. The lowest BCUT2D eigenvalue weighted by atomic mass is 10.1. The first kappa shape index (κ1) is 16.2. The Hall–Kier alpha value is -2.65. The van der Waals surface area contributed by atoms with E-state index in [-0.39, 0.29) is 23.7 Å². The highest BCUT2D eigenvalue weighted by Gasteiger charge is 2.45. The van der Waals surface area contributed by atoms with Gasteiger partial charge in [0.1, 0.15) is 18.3 Å². The van der Waals surface area contributed by atoms with Crippen molar-refractivity contribution >= 4 is 17.1 Å². The number of H-pyrrole nitrogens is 1. The minimum Gasteiger partial charge on any atom is -0.394 e. The molecule has 1 fully saturated rings. The summed E-state index contributed by atoms with van der Waals surface area (Å²) < 4.78 is 7.21. The molecule has 128 valence electrons. The van der Waals surface area contributed by atoms with Gasteiger partial charge in [0.15, 0.2) is 17.4 Å². The SMILES string of the molecule is C#CCn1c(=O)n([C@@H]2O[C@@H](CO)[C@H](O)[C@H]2O)c2nc(N)[nH]c(=O)c21. The van der Waals surface area contributed by atoms with E-state index in [0.29, 0.717) is 0 Å². The molecule has 3 heterocycles. The van der Waals surface area contributed by atoms with E-state index in [1.165, 1.54) is 0 Å². The van der Waals surface area contributed by atoms with E-state index < -0.39 is 42.4 Å². The number of anilines is 1. The lowest BCUT2D eigenvalue weighted by Crippen LogP contribution is -2.36. The average molecular weight is 337 g/mol. The second kappa shape index (κ2) is 5.77. The number of hydrogen-bond acceptors (Lipinski definition) is 8. The number of rotatable bonds is 3. The molecule has 3 rings (SSSR count). The number of nitrogens with zero attached hydrogens (tertiary/aromatic N) is 3. The summed E-state index contributed by atoms with van der Waals surface area (Å²) in [7, 11) is 0. The highest BCUT2D eigenvalue weighted by Crippen LogP contribution is 2.30. The van der Waals surface area contributed by atoms with Gasteiger partial charge in [-0.05, 0) is 0 Å². The molecule has 2 aromatic rings. The van der Waals surface area contributed by atoms with E-state index in [2.05, 4.69) is 15.9 Å². The summed E-state index contributed by atoms with van der Waals surface area (Å²) in [5.74, 6) is 2.00. The topological polar surface area (TPSA) is 169 Å². The van der Waals surface area contributed by atoms with Crippen LogP contribution in [0.3, 0.4) is 0 Å². The summed E-state index contributed by atoms with van der Waals surface area (Å²) in [5, 5.41) is 29.2. The Morgan fingerprint density at radius 2 is 2.08 bits per heavy atom. The first-order chi connectivity index (χ1) is 11.4. The zero-order valence-electron chi connectivity index (χ0n) is 12.3. The van der Waals surface area contributed by atoms with E-state index in [4.69, 9.17) is 16.9 Å². The third kappa shape index (κ3) is 2.21. The summed E-state index contributed by atoms with van der Waals surface area (Å²) in [6.07, 6.45) is -0.171. The molecule has 2 aromatic heterocycles. The van der Waals surface area contributed by atoms with Gasteiger partial charge in [0.05, 0.1) is 13.2 Å². The van der Waals surface area contributed by atoms with Crippen molar-refractivity contribution in [1.82, 2.24) is 19.1 Å². The maximum atomic E-state index is 12.6. The van der Waals surface area contributed by atoms with Crippen LogP contribution in [0.15, 0.2) is 9.59 Å². The largest absolute Gasteiger partial charge is 0.394 e. The van der Waals surface area contributed by atoms with E-state index in [9.17, 15) is 24.9 Å². The second-order valence-corrected chi connectivity index (χ2v) is 5.30. The predicted molar refractivity (Wildman–Crippen MR) is 80.9 cm³/mol. The number of fused-ring (bicyclic) bond motifs is 1. The number of nitrogens with two attached hydrogens (primary N) is 1. The van der Waals surface area contributed by atoms with Gasteiger partial charge in [-0.1, -0.05) is 5.92 Å². The van der Waals surface area contributed by atoms with Crippen molar-refractivity contribution in [2.45, 2.75) is 31.1 Å². The molecule has 6 N–H and O–H groups in total. The van der Waals surface area contributed by atoms with Gasteiger partial charge < -0.3 is 25.8 Å². The van der Waals surface area contributed by atoms with Crippen molar-refractivity contribution < 1.29 is 20.1 Å². The molecule has 1 aliphatic rings. The van der Waals surface area contributed by atoms with Crippen LogP contribution in [0, 0.1) is 12.3 Å². The van der Waals surface area contributed by atoms with Crippen molar-refractivity contribution in [1.29, 1.82) is 0 Å². The van der Waals surface area contributed by atoms with Crippen molar-refractivity contribution in [2.24, 2.45) is 0 Å². The molecule has 0 spiro atoms. The Morgan fingerprint density at radius 3 is 2.67 bits per heavy atom. The van der Waals surface area contributed by atoms with Crippen LogP contribution >= 0.6 is 0 Å². The smallest absolute Gasteiger partial charge is 0.333 e. The molecule has 1 aliphatic heterocycles. The van der Waals surface area contributed by atoms with Crippen LogP contribution in [0.1, 0.15) is 6.23 Å². The van der Waals surface area contributed by atoms with Crippen LogP contribution in [-0.4, -0.2) is 59.3 Å². The van der Waals surface area contributed by atoms with Crippen LogP contribution in [0.25, 0.3) is 11.2 Å². The maximum Gasteiger partial charge on any atom is 0.333 e. The Balaban J connectivity index is 2.30. The van der Waals surface area contributed by atoms with Crippen LogP contribution in [0.5, 0.6) is 0 Å². The Kier molecular flexibility index (Phi) is 3.90.